The van der Waals surface area contributed by atoms with Gasteiger partial charge in [0.25, 0.3) is 0 Å². The molecule has 1 aliphatic carbocycles. The lowest BCUT2D eigenvalue weighted by molar-refractivity contribution is 0.192. The van der Waals surface area contributed by atoms with Gasteiger partial charge in [0, 0.05) is 25.2 Å². The summed E-state index contributed by atoms with van der Waals surface area (Å²) in [5.41, 5.74) is 7.56. The molecule has 216 valence electrons. The summed E-state index contributed by atoms with van der Waals surface area (Å²) in [6.07, 6.45) is 1.02. The van der Waals surface area contributed by atoms with E-state index < -0.39 is 22.2 Å². The molecule has 1 fully saturated rings. The van der Waals surface area contributed by atoms with Gasteiger partial charge in [-0.2, -0.15) is 0 Å². The van der Waals surface area contributed by atoms with Gasteiger partial charge < -0.3 is 30.0 Å². The molecule has 1 unspecified atom stereocenters. The zero-order chi connectivity index (χ0) is 29.3. The van der Waals surface area contributed by atoms with E-state index >= 15 is 0 Å². The van der Waals surface area contributed by atoms with Crippen molar-refractivity contribution in [2.24, 2.45) is 5.73 Å². The minimum Gasteiger partial charge on any atom is -0.457 e. The third kappa shape index (κ3) is 6.29. The standard InChI is InChI=1S/C29H30FN3O7S/c1-32-29(35)40-28-24-13-23(17-3-4-17)25(33(41(2,36)37)16-20(34)15-31)14-26(24)39-27(28)18-5-9-21(10-6-18)38-22-11-7-19(30)8-12-22/h5-14,17,20,34H,3-4,15-16,31H2,1-2H3,(H,32,35). The van der Waals surface area contributed by atoms with Crippen molar-refractivity contribution in [2.75, 3.05) is 30.7 Å². The maximum absolute atomic E-state index is 13.2. The van der Waals surface area contributed by atoms with Crippen molar-refractivity contribution in [2.45, 2.75) is 24.9 Å². The van der Waals surface area contributed by atoms with Crippen LogP contribution in [0, 0.1) is 5.82 Å². The fourth-order valence-electron chi connectivity index (χ4n) is 4.49. The van der Waals surface area contributed by atoms with E-state index in [4.69, 9.17) is 19.6 Å². The number of rotatable bonds is 10. The molecule has 0 spiro atoms. The number of amides is 1. The van der Waals surface area contributed by atoms with E-state index in [1.54, 1.807) is 36.4 Å². The van der Waals surface area contributed by atoms with E-state index in [-0.39, 0.29) is 36.3 Å². The number of hydrogen-bond donors (Lipinski definition) is 3. The summed E-state index contributed by atoms with van der Waals surface area (Å²) >= 11 is 0. The van der Waals surface area contributed by atoms with Gasteiger partial charge in [-0.05, 0) is 78.9 Å². The highest BCUT2D eigenvalue weighted by Crippen LogP contribution is 2.49. The summed E-state index contributed by atoms with van der Waals surface area (Å²) in [6, 6.07) is 15.8. The van der Waals surface area contributed by atoms with Crippen molar-refractivity contribution in [3.63, 3.8) is 0 Å². The van der Waals surface area contributed by atoms with Crippen LogP contribution >= 0.6 is 0 Å². The first-order valence-corrected chi connectivity index (χ1v) is 14.8. The molecule has 1 aromatic heterocycles. The number of carbonyl (C=O) groups excluding carboxylic acids is 1. The minimum absolute atomic E-state index is 0.0998. The molecule has 1 heterocycles. The predicted molar refractivity (Wildman–Crippen MR) is 152 cm³/mol. The molecule has 1 amide bonds. The van der Waals surface area contributed by atoms with Gasteiger partial charge in [-0.15, -0.1) is 0 Å². The topological polar surface area (TPSA) is 144 Å². The van der Waals surface area contributed by atoms with Gasteiger partial charge in [-0.1, -0.05) is 0 Å². The Morgan fingerprint density at radius 1 is 1.15 bits per heavy atom. The molecule has 4 N–H and O–H groups in total. The molecule has 3 aromatic carbocycles. The Balaban J connectivity index is 1.60. The highest BCUT2D eigenvalue weighted by molar-refractivity contribution is 7.92. The van der Waals surface area contributed by atoms with Gasteiger partial charge in [-0.25, -0.2) is 17.6 Å². The van der Waals surface area contributed by atoms with Crippen LogP contribution in [0.25, 0.3) is 22.3 Å². The Bertz CT molecular complexity index is 1670. The summed E-state index contributed by atoms with van der Waals surface area (Å²) in [4.78, 5) is 12.3. The number of nitrogens with two attached hydrogens (primary N) is 1. The van der Waals surface area contributed by atoms with E-state index in [0.29, 0.717) is 33.7 Å². The van der Waals surface area contributed by atoms with Gasteiger partial charge in [0.05, 0.1) is 30.0 Å². The van der Waals surface area contributed by atoms with Gasteiger partial charge >= 0.3 is 6.09 Å². The van der Waals surface area contributed by atoms with Crippen molar-refractivity contribution in [1.29, 1.82) is 0 Å². The number of aliphatic hydroxyl groups excluding tert-OH is 1. The van der Waals surface area contributed by atoms with Gasteiger partial charge in [-0.3, -0.25) is 4.31 Å². The number of sulfonamides is 1. The smallest absolute Gasteiger partial charge is 0.412 e. The van der Waals surface area contributed by atoms with E-state index in [1.807, 2.05) is 0 Å². The quantitative estimate of drug-likeness (QED) is 0.243. The van der Waals surface area contributed by atoms with Crippen molar-refractivity contribution in [3.05, 3.63) is 72.0 Å². The lowest BCUT2D eigenvalue weighted by Gasteiger charge is -2.27. The Hall–Kier alpha value is -4.13. The summed E-state index contributed by atoms with van der Waals surface area (Å²) < 4.78 is 57.6. The molecular formula is C29H30FN3O7S. The SMILES string of the molecule is CNC(=O)Oc1c(-c2ccc(Oc3ccc(F)cc3)cc2)oc2cc(N(CC(O)CN)S(C)(=O)=O)c(C3CC3)cc12. The van der Waals surface area contributed by atoms with Crippen LogP contribution < -0.4 is 24.8 Å². The number of fused-ring (bicyclic) bond motifs is 1. The Labute approximate surface area is 236 Å². The van der Waals surface area contributed by atoms with Gasteiger partial charge in [0.2, 0.25) is 10.0 Å². The first-order chi connectivity index (χ1) is 19.6. The number of anilines is 1. The monoisotopic (exact) mass is 583 g/mol. The van der Waals surface area contributed by atoms with Crippen molar-refractivity contribution >= 4 is 32.8 Å². The molecular weight excluding hydrogens is 553 g/mol. The average molecular weight is 584 g/mol. The van der Waals surface area contributed by atoms with Crippen LogP contribution in [0.4, 0.5) is 14.9 Å². The predicted octanol–water partition coefficient (Wildman–Crippen LogP) is 4.71. The summed E-state index contributed by atoms with van der Waals surface area (Å²) in [5.74, 6) is 1.11. The lowest BCUT2D eigenvalue weighted by Crippen LogP contribution is -2.40. The Morgan fingerprint density at radius 3 is 2.34 bits per heavy atom. The first kappa shape index (κ1) is 28.4. The number of halogens is 1. The second-order valence-corrected chi connectivity index (χ2v) is 11.8. The second kappa shape index (κ2) is 11.4. The number of ether oxygens (including phenoxy) is 2. The van der Waals surface area contributed by atoms with Gasteiger partial charge in [0.1, 0.15) is 22.9 Å². The average Bonchev–Trinajstić information content (AvgIpc) is 3.74. The summed E-state index contributed by atoms with van der Waals surface area (Å²) in [6.45, 7) is -0.325. The van der Waals surface area contributed by atoms with Crippen LogP contribution in [0.2, 0.25) is 0 Å². The molecule has 1 aliphatic rings. The molecule has 0 bridgehead atoms. The third-order valence-electron chi connectivity index (χ3n) is 6.69. The molecule has 1 atom stereocenters. The molecule has 12 heteroatoms. The van der Waals surface area contributed by atoms with Crippen LogP contribution in [0.5, 0.6) is 17.2 Å². The van der Waals surface area contributed by atoms with Crippen molar-refractivity contribution in [1.82, 2.24) is 5.32 Å². The molecule has 10 nitrogen and oxygen atoms in total. The number of carbonyl (C=O) groups is 1. The first-order valence-electron chi connectivity index (χ1n) is 13.0. The molecule has 5 rings (SSSR count). The van der Waals surface area contributed by atoms with Gasteiger partial charge in [0.15, 0.2) is 11.5 Å². The van der Waals surface area contributed by atoms with E-state index in [1.165, 1.54) is 31.3 Å². The van der Waals surface area contributed by atoms with Crippen LogP contribution in [-0.4, -0.2) is 52.1 Å². The van der Waals surface area contributed by atoms with E-state index in [2.05, 4.69) is 5.32 Å². The highest BCUT2D eigenvalue weighted by atomic mass is 32.2. The molecule has 0 radical (unpaired) electrons. The zero-order valence-electron chi connectivity index (χ0n) is 22.5. The molecule has 41 heavy (non-hydrogen) atoms. The Morgan fingerprint density at radius 2 is 1.78 bits per heavy atom. The number of benzene rings is 3. The molecule has 0 aliphatic heterocycles. The number of aliphatic hydroxyl groups is 1. The second-order valence-electron chi connectivity index (χ2n) is 9.85. The van der Waals surface area contributed by atoms with E-state index in [0.717, 1.165) is 29.0 Å². The zero-order valence-corrected chi connectivity index (χ0v) is 23.3. The maximum Gasteiger partial charge on any atom is 0.412 e. The Kier molecular flexibility index (Phi) is 7.89. The van der Waals surface area contributed by atoms with Crippen molar-refractivity contribution in [3.8, 4) is 28.6 Å². The minimum atomic E-state index is -3.79. The maximum atomic E-state index is 13.2. The third-order valence-corrected chi connectivity index (χ3v) is 7.84. The largest absolute Gasteiger partial charge is 0.457 e. The fourth-order valence-corrected chi connectivity index (χ4v) is 5.45. The highest BCUT2D eigenvalue weighted by Gasteiger charge is 2.33. The van der Waals surface area contributed by atoms with Crippen molar-refractivity contribution < 1.29 is 36.6 Å². The summed E-state index contributed by atoms with van der Waals surface area (Å²) in [7, 11) is -2.35. The van der Waals surface area contributed by atoms with Crippen LogP contribution in [0.15, 0.2) is 65.1 Å². The number of nitrogens with zero attached hydrogens (tertiary/aromatic N) is 1. The normalized spacial score (nSPS) is 14.1. The molecule has 4 aromatic rings. The van der Waals surface area contributed by atoms with E-state index in [9.17, 15) is 22.7 Å². The van der Waals surface area contributed by atoms with Crippen LogP contribution in [-0.2, 0) is 10.0 Å². The van der Waals surface area contributed by atoms with Crippen LogP contribution in [0.3, 0.4) is 0 Å². The summed E-state index contributed by atoms with van der Waals surface area (Å²) in [5, 5.41) is 13.1. The molecule has 0 saturated heterocycles. The lowest BCUT2D eigenvalue weighted by atomic mass is 10.0. The number of nitrogens with one attached hydrogen (secondary N) is 1. The molecule has 1 saturated carbocycles. The van der Waals surface area contributed by atoms with Crippen LogP contribution in [0.1, 0.15) is 24.3 Å². The number of hydrogen-bond acceptors (Lipinski definition) is 8. The number of furan rings is 1. The fraction of sp³-hybridized carbons (Fsp3) is 0.276.